The number of methoxy groups -OCH3 is 1. The zero-order valence-corrected chi connectivity index (χ0v) is 17.5. The number of aromatic hydroxyl groups is 1. The second-order valence-electron chi connectivity index (χ2n) is 6.33. The summed E-state index contributed by atoms with van der Waals surface area (Å²) in [4.78, 5) is 36.2. The van der Waals surface area contributed by atoms with E-state index in [1.807, 2.05) is 0 Å². The highest BCUT2D eigenvalue weighted by molar-refractivity contribution is 6.02. The Kier molecular flexibility index (Phi) is 9.21. The summed E-state index contributed by atoms with van der Waals surface area (Å²) in [6.45, 7) is 1.87. The number of benzene rings is 2. The third-order valence-electron chi connectivity index (χ3n) is 4.22. The number of hydrogen-bond acceptors (Lipinski definition) is 8. The number of nitrogens with one attached hydrogen (secondary N) is 2. The molecule has 0 unspecified atom stereocenters. The summed E-state index contributed by atoms with van der Waals surface area (Å²) in [6.07, 6.45) is -0.968. The number of rotatable bonds is 9. The van der Waals surface area contributed by atoms with Crippen LogP contribution in [0.5, 0.6) is 11.5 Å². The number of imide groups is 1. The quantitative estimate of drug-likeness (QED) is 0.262. The molecule has 10 heteroatoms. The SMILES string of the molecule is CCO[C@@H](/C=C/C(=O)NO)[C@@H](OC(=O)NC(=O)c1ccccc1)c1ccc(OC)c(O)c1. The summed E-state index contributed by atoms with van der Waals surface area (Å²) in [7, 11) is 1.38. The average molecular weight is 444 g/mol. The Bertz CT molecular complexity index is 962. The maximum atomic E-state index is 12.5. The van der Waals surface area contributed by atoms with Crippen molar-refractivity contribution in [1.82, 2.24) is 10.8 Å². The monoisotopic (exact) mass is 444 g/mol. The molecular formula is C22H24N2O8. The van der Waals surface area contributed by atoms with Gasteiger partial charge in [0.05, 0.1) is 7.11 Å². The van der Waals surface area contributed by atoms with Crippen molar-refractivity contribution in [3.05, 3.63) is 71.8 Å². The molecule has 2 rings (SSSR count). The number of phenols is 1. The van der Waals surface area contributed by atoms with Gasteiger partial charge in [-0.3, -0.25) is 20.1 Å². The zero-order chi connectivity index (χ0) is 23.5. The van der Waals surface area contributed by atoms with Gasteiger partial charge in [0, 0.05) is 18.2 Å². The Hall–Kier alpha value is -3.89. The van der Waals surface area contributed by atoms with Gasteiger partial charge in [0.15, 0.2) is 17.6 Å². The molecule has 2 atom stereocenters. The summed E-state index contributed by atoms with van der Waals surface area (Å²) >= 11 is 0. The summed E-state index contributed by atoms with van der Waals surface area (Å²) in [5.41, 5.74) is 2.01. The topological polar surface area (TPSA) is 143 Å². The lowest BCUT2D eigenvalue weighted by Gasteiger charge is -2.25. The Balaban J connectivity index is 2.32. The van der Waals surface area contributed by atoms with Gasteiger partial charge < -0.3 is 19.3 Å². The van der Waals surface area contributed by atoms with E-state index in [4.69, 9.17) is 19.4 Å². The van der Waals surface area contributed by atoms with Gasteiger partial charge in [-0.25, -0.2) is 10.3 Å². The van der Waals surface area contributed by atoms with E-state index in [9.17, 15) is 19.5 Å². The van der Waals surface area contributed by atoms with E-state index in [-0.39, 0.29) is 23.7 Å². The fraction of sp³-hybridized carbons (Fsp3) is 0.227. The Morgan fingerprint density at radius 2 is 1.84 bits per heavy atom. The number of hydroxylamine groups is 1. The van der Waals surface area contributed by atoms with E-state index in [0.29, 0.717) is 5.56 Å². The number of ether oxygens (including phenoxy) is 3. The largest absolute Gasteiger partial charge is 0.504 e. The Morgan fingerprint density at radius 1 is 1.12 bits per heavy atom. The van der Waals surface area contributed by atoms with Crippen molar-refractivity contribution in [3.8, 4) is 11.5 Å². The minimum Gasteiger partial charge on any atom is -0.504 e. The van der Waals surface area contributed by atoms with Gasteiger partial charge >= 0.3 is 6.09 Å². The van der Waals surface area contributed by atoms with Gasteiger partial charge in [-0.1, -0.05) is 24.3 Å². The molecule has 0 bridgehead atoms. The lowest BCUT2D eigenvalue weighted by molar-refractivity contribution is -0.124. The van der Waals surface area contributed by atoms with Crippen molar-refractivity contribution in [3.63, 3.8) is 0 Å². The van der Waals surface area contributed by atoms with Crippen LogP contribution in [0.15, 0.2) is 60.7 Å². The first-order valence-electron chi connectivity index (χ1n) is 9.57. The van der Waals surface area contributed by atoms with Gasteiger partial charge in [-0.2, -0.15) is 0 Å². The minimum absolute atomic E-state index is 0.183. The molecular weight excluding hydrogens is 420 g/mol. The van der Waals surface area contributed by atoms with E-state index in [2.05, 4.69) is 5.32 Å². The molecule has 0 heterocycles. The first-order valence-corrected chi connectivity index (χ1v) is 9.57. The van der Waals surface area contributed by atoms with Crippen molar-refractivity contribution < 1.29 is 38.9 Å². The van der Waals surface area contributed by atoms with Crippen LogP contribution in [0.1, 0.15) is 28.9 Å². The molecule has 0 aliphatic heterocycles. The number of alkyl carbamates (subject to hydrolysis) is 1. The van der Waals surface area contributed by atoms with Crippen molar-refractivity contribution in [1.29, 1.82) is 0 Å². The van der Waals surface area contributed by atoms with Gasteiger partial charge in [-0.15, -0.1) is 0 Å². The van der Waals surface area contributed by atoms with Gasteiger partial charge in [-0.05, 0) is 42.8 Å². The minimum atomic E-state index is -1.17. The molecule has 0 aromatic heterocycles. The third kappa shape index (κ3) is 6.83. The lowest BCUT2D eigenvalue weighted by Crippen LogP contribution is -2.35. The molecule has 0 radical (unpaired) electrons. The van der Waals surface area contributed by atoms with Crippen molar-refractivity contribution in [2.24, 2.45) is 0 Å². The van der Waals surface area contributed by atoms with Crippen molar-refractivity contribution >= 4 is 17.9 Å². The highest BCUT2D eigenvalue weighted by Gasteiger charge is 2.28. The molecule has 0 aliphatic rings. The van der Waals surface area contributed by atoms with Crippen molar-refractivity contribution in [2.75, 3.05) is 13.7 Å². The van der Waals surface area contributed by atoms with E-state index in [1.54, 1.807) is 25.1 Å². The van der Waals surface area contributed by atoms with Crippen LogP contribution in [-0.2, 0) is 14.3 Å². The van der Waals surface area contributed by atoms with E-state index < -0.39 is 30.1 Å². The average Bonchev–Trinajstić information content (AvgIpc) is 2.80. The number of amides is 3. The van der Waals surface area contributed by atoms with Gasteiger partial charge in [0.25, 0.3) is 11.8 Å². The molecule has 0 spiro atoms. The zero-order valence-electron chi connectivity index (χ0n) is 17.5. The second-order valence-corrected chi connectivity index (χ2v) is 6.33. The summed E-state index contributed by atoms with van der Waals surface area (Å²) in [5, 5.41) is 21.0. The molecule has 2 aromatic rings. The second kappa shape index (κ2) is 12.1. The van der Waals surface area contributed by atoms with E-state index >= 15 is 0 Å². The predicted molar refractivity (Wildman–Crippen MR) is 112 cm³/mol. The molecule has 32 heavy (non-hydrogen) atoms. The molecule has 3 amide bonds. The van der Waals surface area contributed by atoms with Crippen LogP contribution in [0.4, 0.5) is 4.79 Å². The Morgan fingerprint density at radius 3 is 2.44 bits per heavy atom. The first kappa shape index (κ1) is 24.4. The number of phenolic OH excluding ortho intramolecular Hbond substituents is 1. The summed E-state index contributed by atoms with van der Waals surface area (Å²) < 4.78 is 16.1. The predicted octanol–water partition coefficient (Wildman–Crippen LogP) is 2.48. The molecule has 4 N–H and O–H groups in total. The van der Waals surface area contributed by atoms with Gasteiger partial charge in [0.2, 0.25) is 0 Å². The first-order chi connectivity index (χ1) is 15.4. The van der Waals surface area contributed by atoms with Crippen LogP contribution in [0.25, 0.3) is 0 Å². The molecule has 10 nitrogen and oxygen atoms in total. The van der Waals surface area contributed by atoms with Crippen LogP contribution < -0.4 is 15.5 Å². The summed E-state index contributed by atoms with van der Waals surface area (Å²) in [5.74, 6) is -1.52. The molecule has 0 aliphatic carbocycles. The highest BCUT2D eigenvalue weighted by atomic mass is 16.6. The smallest absolute Gasteiger partial charge is 0.414 e. The van der Waals surface area contributed by atoms with Crippen molar-refractivity contribution in [2.45, 2.75) is 19.1 Å². The fourth-order valence-corrected chi connectivity index (χ4v) is 2.76. The van der Waals surface area contributed by atoms with E-state index in [0.717, 1.165) is 6.08 Å². The lowest BCUT2D eigenvalue weighted by atomic mass is 10.0. The van der Waals surface area contributed by atoms with Crippen LogP contribution in [0.2, 0.25) is 0 Å². The number of carbonyl (C=O) groups excluding carboxylic acids is 3. The van der Waals surface area contributed by atoms with E-state index in [1.165, 1.54) is 49.0 Å². The normalized spacial score (nSPS) is 12.6. The number of carbonyl (C=O) groups is 3. The third-order valence-corrected chi connectivity index (χ3v) is 4.22. The molecule has 0 fully saturated rings. The fourth-order valence-electron chi connectivity index (χ4n) is 2.76. The maximum absolute atomic E-state index is 12.5. The highest BCUT2D eigenvalue weighted by Crippen LogP contribution is 2.33. The number of hydrogen-bond donors (Lipinski definition) is 4. The van der Waals surface area contributed by atoms with Crippen LogP contribution in [-0.4, -0.2) is 48.0 Å². The summed E-state index contributed by atoms with van der Waals surface area (Å²) in [6, 6.07) is 12.4. The standard InChI is InChI=1S/C22H24N2O8/c1-3-31-18(11-12-19(26)24-29)20(15-9-10-17(30-2)16(25)13-15)32-22(28)23-21(27)14-7-5-4-6-8-14/h4-13,18,20,25,29H,3H2,1-2H3,(H,24,26)(H,23,27,28)/b12-11+/t18-,20-/m0/s1. The van der Waals surface area contributed by atoms with Crippen LogP contribution in [0.3, 0.4) is 0 Å². The molecule has 2 aromatic carbocycles. The molecule has 0 saturated carbocycles. The molecule has 170 valence electrons. The van der Waals surface area contributed by atoms with Gasteiger partial charge in [0.1, 0.15) is 6.10 Å². The Labute approximate surface area is 184 Å². The molecule has 0 saturated heterocycles. The van der Waals surface area contributed by atoms with Crippen LogP contribution in [0, 0.1) is 0 Å². The van der Waals surface area contributed by atoms with Crippen LogP contribution >= 0.6 is 0 Å². The maximum Gasteiger partial charge on any atom is 0.414 e.